The number of hydrogen-bond acceptors (Lipinski definition) is 6. The minimum atomic E-state index is -1.20. The van der Waals surface area contributed by atoms with E-state index in [1.165, 1.54) is 64.7 Å². The molecule has 0 saturated heterocycles. The second-order valence-electron chi connectivity index (χ2n) is 11.7. The number of carboxylic acid groups (broad SMARTS) is 2. The van der Waals surface area contributed by atoms with E-state index in [1.807, 2.05) is 0 Å². The molecule has 0 aromatic heterocycles. The first kappa shape index (κ1) is 40.8. The molecule has 0 bridgehead atoms. The first-order valence-corrected chi connectivity index (χ1v) is 16.6. The minimum absolute atomic E-state index is 0.0454. The van der Waals surface area contributed by atoms with Gasteiger partial charge in [-0.1, -0.05) is 89.9 Å². The molecular formula is C32H59N5O7. The number of amides is 2. The molecule has 12 heteroatoms. The average molecular weight is 626 g/mol. The first-order valence-electron chi connectivity index (χ1n) is 16.6. The molecular weight excluding hydrogens is 566 g/mol. The molecule has 254 valence electrons. The molecule has 0 aliphatic heterocycles. The van der Waals surface area contributed by atoms with Crippen LogP contribution < -0.4 is 22.1 Å². The van der Waals surface area contributed by atoms with Crippen LogP contribution >= 0.6 is 0 Å². The van der Waals surface area contributed by atoms with Gasteiger partial charge >= 0.3 is 11.9 Å². The van der Waals surface area contributed by atoms with Gasteiger partial charge < -0.3 is 32.3 Å². The van der Waals surface area contributed by atoms with E-state index in [9.17, 15) is 29.1 Å². The van der Waals surface area contributed by atoms with Gasteiger partial charge in [-0.05, 0) is 39.0 Å². The van der Waals surface area contributed by atoms with Crippen molar-refractivity contribution in [1.29, 1.82) is 0 Å². The highest BCUT2D eigenvalue weighted by molar-refractivity contribution is 5.88. The summed E-state index contributed by atoms with van der Waals surface area (Å²) in [6.45, 7) is 1.70. The van der Waals surface area contributed by atoms with Crippen molar-refractivity contribution in [2.45, 2.75) is 160 Å². The molecule has 0 aliphatic rings. The van der Waals surface area contributed by atoms with Crippen LogP contribution in [0.25, 0.3) is 0 Å². The quantitative estimate of drug-likeness (QED) is 0.0374. The van der Waals surface area contributed by atoms with E-state index >= 15 is 0 Å². The number of ketones is 1. The Morgan fingerprint density at radius 1 is 0.568 bits per heavy atom. The second-order valence-corrected chi connectivity index (χ2v) is 11.7. The number of carbonyl (C=O) groups is 5. The summed E-state index contributed by atoms with van der Waals surface area (Å²) in [5, 5.41) is 23.2. The largest absolute Gasteiger partial charge is 0.481 e. The SMILES string of the molecule is CC(=O)[C@H](CCCN=C(N)N)NC(=O)CCC(NC(=O)CCCCCCCCCCCCCCCCCCC(=O)O)C(=O)O. The highest BCUT2D eigenvalue weighted by Crippen LogP contribution is 2.14. The molecule has 0 saturated carbocycles. The molecule has 2 atom stereocenters. The lowest BCUT2D eigenvalue weighted by atomic mass is 10.0. The van der Waals surface area contributed by atoms with Crippen LogP contribution in [0.15, 0.2) is 4.99 Å². The molecule has 8 N–H and O–H groups in total. The number of Topliss-reactive ketones (excluding diaryl/α,β-unsaturated/α-hetero) is 1. The van der Waals surface area contributed by atoms with Gasteiger partial charge in [0.1, 0.15) is 6.04 Å². The highest BCUT2D eigenvalue weighted by atomic mass is 16.4. The van der Waals surface area contributed by atoms with Crippen molar-refractivity contribution in [1.82, 2.24) is 10.6 Å². The minimum Gasteiger partial charge on any atom is -0.481 e. The topological polar surface area (TPSA) is 214 Å². The third kappa shape index (κ3) is 26.4. The highest BCUT2D eigenvalue weighted by Gasteiger charge is 2.22. The summed E-state index contributed by atoms with van der Waals surface area (Å²) in [5.74, 6) is -2.95. The lowest BCUT2D eigenvalue weighted by Gasteiger charge is -2.17. The molecule has 0 rings (SSSR count). The zero-order valence-corrected chi connectivity index (χ0v) is 27.0. The smallest absolute Gasteiger partial charge is 0.326 e. The predicted octanol–water partition coefficient (Wildman–Crippen LogP) is 4.57. The van der Waals surface area contributed by atoms with Crippen molar-refractivity contribution in [2.75, 3.05) is 6.54 Å². The number of nitrogens with zero attached hydrogens (tertiary/aromatic N) is 1. The Hall–Kier alpha value is -3.18. The van der Waals surface area contributed by atoms with Crippen molar-refractivity contribution in [3.05, 3.63) is 0 Å². The van der Waals surface area contributed by atoms with E-state index < -0.39 is 29.9 Å². The summed E-state index contributed by atoms with van der Waals surface area (Å²) >= 11 is 0. The molecule has 0 aromatic rings. The summed E-state index contributed by atoms with van der Waals surface area (Å²) < 4.78 is 0. The molecule has 0 radical (unpaired) electrons. The monoisotopic (exact) mass is 625 g/mol. The van der Waals surface area contributed by atoms with Gasteiger partial charge in [0.2, 0.25) is 11.8 Å². The van der Waals surface area contributed by atoms with Crippen molar-refractivity contribution >= 4 is 35.5 Å². The molecule has 2 amide bonds. The maximum absolute atomic E-state index is 12.3. The number of guanidine groups is 1. The molecule has 0 spiro atoms. The number of rotatable bonds is 30. The first-order chi connectivity index (χ1) is 21.0. The number of nitrogens with two attached hydrogens (primary N) is 2. The van der Waals surface area contributed by atoms with E-state index in [0.29, 0.717) is 25.8 Å². The van der Waals surface area contributed by atoms with Crippen molar-refractivity contribution in [3.63, 3.8) is 0 Å². The van der Waals surface area contributed by atoms with Crippen LogP contribution in [0.1, 0.15) is 148 Å². The number of nitrogens with one attached hydrogen (secondary N) is 2. The summed E-state index contributed by atoms with van der Waals surface area (Å²) in [4.78, 5) is 62.4. The van der Waals surface area contributed by atoms with Gasteiger partial charge in [-0.3, -0.25) is 24.2 Å². The standard InChI is InChI=1S/C32H59N5O7/c1-25(38)26(19-18-24-35-32(33)34)36-29(40)23-22-27(31(43)44)37-28(39)20-16-14-12-10-8-6-4-2-3-5-7-9-11-13-15-17-21-30(41)42/h26-27H,2-24H2,1H3,(H,36,40)(H,37,39)(H,41,42)(H,43,44)(H4,33,34,35)/t26-,27?/m0/s1. The van der Waals surface area contributed by atoms with Gasteiger partial charge in [0, 0.05) is 25.8 Å². The number of carboxylic acids is 2. The summed E-state index contributed by atoms with van der Waals surface area (Å²) in [6, 6.07) is -1.87. The van der Waals surface area contributed by atoms with Crippen molar-refractivity contribution in [3.8, 4) is 0 Å². The Bertz CT molecular complexity index is 862. The van der Waals surface area contributed by atoms with Gasteiger partial charge in [-0.15, -0.1) is 0 Å². The molecule has 0 aliphatic carbocycles. The lowest BCUT2D eigenvalue weighted by molar-refractivity contribution is -0.142. The van der Waals surface area contributed by atoms with Gasteiger partial charge in [0.25, 0.3) is 0 Å². The van der Waals surface area contributed by atoms with Crippen molar-refractivity contribution in [2.24, 2.45) is 16.5 Å². The normalized spacial score (nSPS) is 12.2. The molecule has 1 unspecified atom stereocenters. The zero-order chi connectivity index (χ0) is 33.0. The third-order valence-corrected chi connectivity index (χ3v) is 7.61. The average Bonchev–Trinajstić information content (AvgIpc) is 2.95. The predicted molar refractivity (Wildman–Crippen MR) is 172 cm³/mol. The number of hydrogen-bond donors (Lipinski definition) is 6. The van der Waals surface area contributed by atoms with Crippen LogP contribution in [0.3, 0.4) is 0 Å². The second kappa shape index (κ2) is 27.4. The Balaban J connectivity index is 3.86. The van der Waals surface area contributed by atoms with E-state index in [1.54, 1.807) is 0 Å². The van der Waals surface area contributed by atoms with Crippen molar-refractivity contribution < 1.29 is 34.2 Å². The molecule has 0 fully saturated rings. The maximum atomic E-state index is 12.3. The number of unbranched alkanes of at least 4 members (excludes halogenated alkanes) is 15. The van der Waals surface area contributed by atoms with Crippen LogP contribution in [0.5, 0.6) is 0 Å². The summed E-state index contributed by atoms with van der Waals surface area (Å²) in [5.41, 5.74) is 10.5. The van der Waals surface area contributed by atoms with Crippen LogP contribution in [-0.2, 0) is 24.0 Å². The maximum Gasteiger partial charge on any atom is 0.326 e. The van der Waals surface area contributed by atoms with E-state index in [4.69, 9.17) is 16.6 Å². The molecule has 44 heavy (non-hydrogen) atoms. The Morgan fingerprint density at radius 3 is 1.39 bits per heavy atom. The lowest BCUT2D eigenvalue weighted by Crippen LogP contribution is -2.43. The van der Waals surface area contributed by atoms with Gasteiger partial charge in [-0.2, -0.15) is 0 Å². The fraction of sp³-hybridized carbons (Fsp3) is 0.812. The number of aliphatic imine (C=N–C) groups is 1. The fourth-order valence-electron chi connectivity index (χ4n) is 4.98. The summed E-state index contributed by atoms with van der Waals surface area (Å²) in [7, 11) is 0. The van der Waals surface area contributed by atoms with Gasteiger partial charge in [0.15, 0.2) is 11.7 Å². The van der Waals surface area contributed by atoms with E-state index in [-0.39, 0.29) is 43.3 Å². The fourth-order valence-corrected chi connectivity index (χ4v) is 4.98. The Kier molecular flexibility index (Phi) is 25.4. The molecule has 0 aromatic carbocycles. The number of aliphatic carboxylic acids is 2. The van der Waals surface area contributed by atoms with Crippen LogP contribution in [-0.4, -0.2) is 64.3 Å². The van der Waals surface area contributed by atoms with Crippen LogP contribution in [0.4, 0.5) is 0 Å². The Labute approximate surface area is 263 Å². The molecule has 0 heterocycles. The third-order valence-electron chi connectivity index (χ3n) is 7.61. The van der Waals surface area contributed by atoms with E-state index in [2.05, 4.69) is 15.6 Å². The van der Waals surface area contributed by atoms with Crippen LogP contribution in [0, 0.1) is 0 Å². The Morgan fingerprint density at radius 2 is 0.977 bits per heavy atom. The van der Waals surface area contributed by atoms with E-state index in [0.717, 1.165) is 38.5 Å². The van der Waals surface area contributed by atoms with Crippen LogP contribution in [0.2, 0.25) is 0 Å². The van der Waals surface area contributed by atoms with Gasteiger partial charge in [0.05, 0.1) is 6.04 Å². The number of carbonyl (C=O) groups excluding carboxylic acids is 3. The molecule has 12 nitrogen and oxygen atoms in total. The zero-order valence-electron chi connectivity index (χ0n) is 27.0. The summed E-state index contributed by atoms with van der Waals surface area (Å²) in [6.07, 6.45) is 19.1. The van der Waals surface area contributed by atoms with Gasteiger partial charge in [-0.25, -0.2) is 4.79 Å².